The number of aliphatic imine (C=N–C) groups is 1. The average Bonchev–Trinajstić information content (AvgIpc) is 3.03. The number of ether oxygens (including phenoxy) is 1. The van der Waals surface area contributed by atoms with Gasteiger partial charge in [0.25, 0.3) is 0 Å². The predicted octanol–water partition coefficient (Wildman–Crippen LogP) is 2.41. The maximum Gasteiger partial charge on any atom is 0.191 e. The van der Waals surface area contributed by atoms with E-state index in [-0.39, 0.29) is 29.5 Å². The number of nitrogens with zero attached hydrogens (tertiary/aromatic N) is 2. The van der Waals surface area contributed by atoms with Gasteiger partial charge in [0.1, 0.15) is 0 Å². The van der Waals surface area contributed by atoms with E-state index >= 15 is 0 Å². The molecule has 0 aromatic rings. The maximum atomic E-state index is 5.53. The minimum Gasteiger partial charge on any atom is -0.379 e. The van der Waals surface area contributed by atoms with Crippen LogP contribution in [0.3, 0.4) is 0 Å². The zero-order chi connectivity index (χ0) is 16.5. The molecule has 5 nitrogen and oxygen atoms in total. The minimum absolute atomic E-state index is 0. The molecule has 2 aliphatic rings. The van der Waals surface area contributed by atoms with Crippen LogP contribution in [0.25, 0.3) is 0 Å². The third-order valence-corrected chi connectivity index (χ3v) is 5.89. The molecule has 2 N–H and O–H groups in total. The van der Waals surface area contributed by atoms with E-state index < -0.39 is 0 Å². The highest BCUT2D eigenvalue weighted by molar-refractivity contribution is 14.0. The van der Waals surface area contributed by atoms with Crippen LogP contribution in [-0.2, 0) is 4.74 Å². The Kier molecular flexibility index (Phi) is 11.0. The van der Waals surface area contributed by atoms with Crippen molar-refractivity contribution in [2.45, 2.75) is 39.2 Å². The summed E-state index contributed by atoms with van der Waals surface area (Å²) in [7, 11) is 0. The van der Waals surface area contributed by atoms with E-state index in [0.29, 0.717) is 0 Å². The lowest BCUT2D eigenvalue weighted by Crippen LogP contribution is -2.56. The van der Waals surface area contributed by atoms with Gasteiger partial charge in [0.2, 0.25) is 0 Å². The van der Waals surface area contributed by atoms with Gasteiger partial charge in [-0.15, -0.1) is 24.0 Å². The molecule has 2 rings (SSSR count). The molecule has 1 unspecified atom stereocenters. The van der Waals surface area contributed by atoms with Gasteiger partial charge < -0.3 is 15.4 Å². The minimum atomic E-state index is 0. The SMILES string of the molecule is CCNC(=NCC1(N2CCOCC2)CCSC1)NCCC(C)C.I. The Morgan fingerprint density at radius 1 is 1.29 bits per heavy atom. The van der Waals surface area contributed by atoms with Gasteiger partial charge >= 0.3 is 0 Å². The van der Waals surface area contributed by atoms with Gasteiger partial charge in [-0.25, -0.2) is 0 Å². The monoisotopic (exact) mass is 470 g/mol. The second-order valence-corrected chi connectivity index (χ2v) is 8.04. The van der Waals surface area contributed by atoms with Crippen LogP contribution < -0.4 is 10.6 Å². The molecule has 24 heavy (non-hydrogen) atoms. The fourth-order valence-electron chi connectivity index (χ4n) is 3.16. The van der Waals surface area contributed by atoms with E-state index in [9.17, 15) is 0 Å². The lowest BCUT2D eigenvalue weighted by Gasteiger charge is -2.42. The summed E-state index contributed by atoms with van der Waals surface area (Å²) in [5.41, 5.74) is 0.231. The Bertz CT molecular complexity index is 370. The van der Waals surface area contributed by atoms with E-state index in [1.54, 1.807) is 0 Å². The van der Waals surface area contributed by atoms with Crippen molar-refractivity contribution >= 4 is 41.7 Å². The molecule has 0 amide bonds. The quantitative estimate of drug-likeness (QED) is 0.340. The largest absolute Gasteiger partial charge is 0.379 e. The fraction of sp³-hybridized carbons (Fsp3) is 0.941. The standard InChI is InChI=1S/C17H34N4OS.HI/c1-4-18-16(19-7-5-15(2)3)20-13-17(6-12-23-14-17)21-8-10-22-11-9-21;/h15H,4-14H2,1-3H3,(H2,18,19,20);1H. The smallest absolute Gasteiger partial charge is 0.191 e. The molecule has 0 radical (unpaired) electrons. The van der Waals surface area contributed by atoms with Gasteiger partial charge in [0.15, 0.2) is 5.96 Å². The molecule has 2 fully saturated rings. The first-order valence-corrected chi connectivity index (χ1v) is 10.2. The molecule has 0 spiro atoms. The average molecular weight is 470 g/mol. The first-order valence-electron chi connectivity index (χ1n) is 9.09. The zero-order valence-corrected chi connectivity index (χ0v) is 18.6. The molecule has 7 heteroatoms. The third kappa shape index (κ3) is 6.88. The molecule has 0 aromatic carbocycles. The molecule has 0 aliphatic carbocycles. The number of rotatable bonds is 7. The highest BCUT2D eigenvalue weighted by atomic mass is 127. The second kappa shape index (κ2) is 11.8. The van der Waals surface area contributed by atoms with Crippen LogP contribution in [0.1, 0.15) is 33.6 Å². The summed E-state index contributed by atoms with van der Waals surface area (Å²) in [6.07, 6.45) is 2.42. The van der Waals surface area contributed by atoms with E-state index in [4.69, 9.17) is 9.73 Å². The number of thioether (sulfide) groups is 1. The summed E-state index contributed by atoms with van der Waals surface area (Å²) in [6, 6.07) is 0. The van der Waals surface area contributed by atoms with Crippen molar-refractivity contribution in [1.82, 2.24) is 15.5 Å². The summed E-state index contributed by atoms with van der Waals surface area (Å²) in [6.45, 7) is 13.3. The summed E-state index contributed by atoms with van der Waals surface area (Å²) < 4.78 is 5.53. The van der Waals surface area contributed by atoms with Crippen LogP contribution in [0.4, 0.5) is 0 Å². The van der Waals surface area contributed by atoms with E-state index in [2.05, 4.69) is 48.1 Å². The number of hydrogen-bond acceptors (Lipinski definition) is 4. The van der Waals surface area contributed by atoms with E-state index in [1.807, 2.05) is 0 Å². The number of hydrogen-bond donors (Lipinski definition) is 2. The molecule has 0 aromatic heterocycles. The number of guanidine groups is 1. The zero-order valence-electron chi connectivity index (χ0n) is 15.5. The Morgan fingerprint density at radius 2 is 2.04 bits per heavy atom. The second-order valence-electron chi connectivity index (χ2n) is 6.93. The molecule has 0 saturated carbocycles. The number of nitrogens with one attached hydrogen (secondary N) is 2. The number of morpholine rings is 1. The summed E-state index contributed by atoms with van der Waals surface area (Å²) in [5, 5.41) is 6.87. The molecular formula is C17H35IN4OS. The van der Waals surface area contributed by atoms with Crippen molar-refractivity contribution in [2.24, 2.45) is 10.9 Å². The fourth-order valence-corrected chi connectivity index (χ4v) is 4.62. The van der Waals surface area contributed by atoms with Crippen molar-refractivity contribution in [3.05, 3.63) is 0 Å². The van der Waals surface area contributed by atoms with Crippen LogP contribution in [0.5, 0.6) is 0 Å². The van der Waals surface area contributed by atoms with Gasteiger partial charge in [0.05, 0.1) is 25.3 Å². The molecule has 1 atom stereocenters. The van der Waals surface area contributed by atoms with Gasteiger partial charge in [-0.05, 0) is 31.4 Å². The molecule has 2 heterocycles. The molecule has 0 bridgehead atoms. The molecule has 2 aliphatic heterocycles. The molecular weight excluding hydrogens is 435 g/mol. The number of halogens is 1. The summed E-state index contributed by atoms with van der Waals surface area (Å²) >= 11 is 2.07. The Balaban J connectivity index is 0.00000288. The first kappa shape index (κ1) is 22.3. The van der Waals surface area contributed by atoms with Gasteiger partial charge in [0, 0.05) is 31.9 Å². The highest BCUT2D eigenvalue weighted by Gasteiger charge is 2.40. The topological polar surface area (TPSA) is 48.9 Å². The van der Waals surface area contributed by atoms with Crippen molar-refractivity contribution in [1.29, 1.82) is 0 Å². The van der Waals surface area contributed by atoms with Crippen LogP contribution in [0, 0.1) is 5.92 Å². The van der Waals surface area contributed by atoms with Crippen molar-refractivity contribution < 1.29 is 4.74 Å². The molecule has 142 valence electrons. The summed E-state index contributed by atoms with van der Waals surface area (Å²) in [5.74, 6) is 4.14. The van der Waals surface area contributed by atoms with Gasteiger partial charge in [-0.3, -0.25) is 9.89 Å². The predicted molar refractivity (Wildman–Crippen MR) is 116 cm³/mol. The third-order valence-electron chi connectivity index (χ3n) is 4.65. The summed E-state index contributed by atoms with van der Waals surface area (Å²) in [4.78, 5) is 7.56. The Morgan fingerprint density at radius 3 is 2.62 bits per heavy atom. The highest BCUT2D eigenvalue weighted by Crippen LogP contribution is 2.34. The lowest BCUT2D eigenvalue weighted by molar-refractivity contribution is -0.0104. The molecule has 2 saturated heterocycles. The first-order chi connectivity index (χ1) is 11.2. The van der Waals surface area contributed by atoms with E-state index in [1.165, 1.54) is 24.3 Å². The Labute approximate surface area is 169 Å². The van der Waals surface area contributed by atoms with Gasteiger partial charge in [-0.2, -0.15) is 11.8 Å². The van der Waals surface area contributed by atoms with Crippen molar-refractivity contribution in [2.75, 3.05) is 57.4 Å². The van der Waals surface area contributed by atoms with Crippen LogP contribution in [0.2, 0.25) is 0 Å². The van der Waals surface area contributed by atoms with Crippen molar-refractivity contribution in [3.63, 3.8) is 0 Å². The van der Waals surface area contributed by atoms with Gasteiger partial charge in [-0.1, -0.05) is 13.8 Å². The van der Waals surface area contributed by atoms with Crippen molar-refractivity contribution in [3.8, 4) is 0 Å². The van der Waals surface area contributed by atoms with Crippen LogP contribution >= 0.6 is 35.7 Å². The maximum absolute atomic E-state index is 5.53. The van der Waals surface area contributed by atoms with Crippen LogP contribution in [-0.4, -0.2) is 73.8 Å². The lowest BCUT2D eigenvalue weighted by atomic mass is 9.96. The normalized spacial score (nSPS) is 25.6. The van der Waals surface area contributed by atoms with Crippen LogP contribution in [0.15, 0.2) is 4.99 Å². The Hall–Kier alpha value is 0.270. The van der Waals surface area contributed by atoms with E-state index in [0.717, 1.165) is 57.8 Å².